The molecule has 51 heavy (non-hydrogen) atoms. The summed E-state index contributed by atoms with van der Waals surface area (Å²) in [5, 5.41) is 0.405. The van der Waals surface area contributed by atoms with E-state index in [0.29, 0.717) is 102 Å². The van der Waals surface area contributed by atoms with Crippen LogP contribution in [0.2, 0.25) is 0 Å². The number of nitrogens with zero attached hydrogens (tertiary/aromatic N) is 1. The van der Waals surface area contributed by atoms with E-state index in [1.54, 1.807) is 19.1 Å². The minimum absolute atomic E-state index is 0.168. The van der Waals surface area contributed by atoms with E-state index in [-0.39, 0.29) is 11.1 Å². The van der Waals surface area contributed by atoms with Gasteiger partial charge in [-0.1, -0.05) is 27.7 Å². The fourth-order valence-corrected chi connectivity index (χ4v) is 3.92. The van der Waals surface area contributed by atoms with Gasteiger partial charge in [-0.05, 0) is 36.4 Å². The average Bonchev–Trinajstić information content (AvgIpc) is 3.17. The lowest BCUT2D eigenvalue weighted by molar-refractivity contribution is -0.340. The van der Waals surface area contributed by atoms with Crippen LogP contribution in [-0.4, -0.2) is 114 Å². The van der Waals surface area contributed by atoms with Gasteiger partial charge in [0.15, 0.2) is 11.0 Å². The highest BCUT2D eigenvalue weighted by atomic mass is 16.9. The predicted octanol–water partition coefficient (Wildman–Crippen LogP) is 4.75. The van der Waals surface area contributed by atoms with Gasteiger partial charge in [-0.15, -0.1) is 0 Å². The zero-order valence-electron chi connectivity index (χ0n) is 32.3. The summed E-state index contributed by atoms with van der Waals surface area (Å²) >= 11 is 0. The Morgan fingerprint density at radius 2 is 1.14 bits per heavy atom. The zero-order valence-corrected chi connectivity index (χ0v) is 32.3. The van der Waals surface area contributed by atoms with E-state index in [1.165, 1.54) is 27.4 Å². The monoisotopic (exact) mass is 724 g/mol. The lowest BCUT2D eigenvalue weighted by Gasteiger charge is -2.23. The quantitative estimate of drug-likeness (QED) is 0.0732. The van der Waals surface area contributed by atoms with Gasteiger partial charge in [0.1, 0.15) is 5.76 Å². The fourth-order valence-electron chi connectivity index (χ4n) is 3.92. The molecular formula is C37H64N4O10. The van der Waals surface area contributed by atoms with Crippen molar-refractivity contribution < 1.29 is 42.3 Å². The second-order valence-electron chi connectivity index (χ2n) is 10.2. The van der Waals surface area contributed by atoms with Crippen LogP contribution in [0.3, 0.4) is 0 Å². The Hall–Kier alpha value is -3.31. The highest BCUT2D eigenvalue weighted by Gasteiger charge is 2.20. The van der Waals surface area contributed by atoms with Gasteiger partial charge < -0.3 is 64.4 Å². The van der Waals surface area contributed by atoms with Gasteiger partial charge in [-0.2, -0.15) is 0 Å². The smallest absolute Gasteiger partial charge is 0.279 e. The second kappa shape index (κ2) is 29.3. The molecule has 0 aliphatic carbocycles. The summed E-state index contributed by atoms with van der Waals surface area (Å²) in [7, 11) is 6.55. The number of likely N-dealkylation sites (N-methyl/N-ethyl adjacent to an activating group) is 1. The topological polar surface area (TPSA) is 185 Å². The number of hydrogen-bond donors (Lipinski definition) is 3. The van der Waals surface area contributed by atoms with Gasteiger partial charge in [0, 0.05) is 65.7 Å². The lowest BCUT2D eigenvalue weighted by atomic mass is 10.1. The van der Waals surface area contributed by atoms with Gasteiger partial charge in [-0.3, -0.25) is 4.79 Å². The normalized spacial score (nSPS) is 10.8. The van der Waals surface area contributed by atoms with E-state index >= 15 is 0 Å². The highest BCUT2D eigenvalue weighted by Crippen LogP contribution is 2.29. The van der Waals surface area contributed by atoms with Crippen molar-refractivity contribution >= 4 is 28.0 Å². The zero-order chi connectivity index (χ0) is 38.5. The van der Waals surface area contributed by atoms with Crippen molar-refractivity contribution in [2.24, 2.45) is 5.73 Å². The molecule has 14 heteroatoms. The molecule has 0 amide bonds. The van der Waals surface area contributed by atoms with Crippen molar-refractivity contribution in [3.8, 4) is 11.3 Å². The molecule has 2 aromatic carbocycles. The van der Waals surface area contributed by atoms with Crippen LogP contribution in [0.25, 0.3) is 22.3 Å². The summed E-state index contributed by atoms with van der Waals surface area (Å²) in [4.78, 5) is 14.6. The van der Waals surface area contributed by atoms with Gasteiger partial charge in [0.25, 0.3) is 5.97 Å². The van der Waals surface area contributed by atoms with Crippen LogP contribution in [0.5, 0.6) is 0 Å². The number of benzene rings is 2. The highest BCUT2D eigenvalue weighted by molar-refractivity contribution is 5.94. The molecule has 0 saturated carbocycles. The average molecular weight is 725 g/mol. The van der Waals surface area contributed by atoms with Crippen LogP contribution in [0.4, 0.5) is 17.1 Å². The van der Waals surface area contributed by atoms with Crippen molar-refractivity contribution in [1.29, 1.82) is 0 Å². The first kappa shape index (κ1) is 47.7. The Bertz CT molecular complexity index is 1330. The maximum atomic E-state index is 12.5. The Morgan fingerprint density at radius 3 is 1.57 bits per heavy atom. The van der Waals surface area contributed by atoms with E-state index < -0.39 is 5.97 Å². The number of ether oxygens (including phenoxy) is 8. The summed E-state index contributed by atoms with van der Waals surface area (Å²) in [6, 6.07) is 12.4. The third-order valence-corrected chi connectivity index (χ3v) is 7.00. The van der Waals surface area contributed by atoms with Gasteiger partial charge in [-0.25, -0.2) is 0 Å². The molecule has 0 unspecified atom stereocenters. The minimum Gasteiger partial charge on any atom is -0.454 e. The Labute approximate surface area is 304 Å². The first-order valence-corrected chi connectivity index (χ1v) is 17.4. The fraction of sp³-hybridized carbons (Fsp3) is 0.595. The number of nitrogens with two attached hydrogens (primary N) is 3. The van der Waals surface area contributed by atoms with Crippen LogP contribution < -0.4 is 27.5 Å². The van der Waals surface area contributed by atoms with Crippen LogP contribution in [0, 0.1) is 0 Å². The molecule has 0 radical (unpaired) electrons. The first-order valence-electron chi connectivity index (χ1n) is 17.4. The van der Waals surface area contributed by atoms with E-state index in [1.807, 2.05) is 59.0 Å². The van der Waals surface area contributed by atoms with Crippen LogP contribution in [0.15, 0.2) is 51.7 Å². The third-order valence-electron chi connectivity index (χ3n) is 7.00. The molecule has 292 valence electrons. The summed E-state index contributed by atoms with van der Waals surface area (Å²) in [5.74, 6) is -0.440. The van der Waals surface area contributed by atoms with E-state index in [2.05, 4.69) is 4.90 Å². The van der Waals surface area contributed by atoms with E-state index in [0.717, 1.165) is 11.3 Å². The van der Waals surface area contributed by atoms with Crippen LogP contribution in [0.1, 0.15) is 34.6 Å². The summed E-state index contributed by atoms with van der Waals surface area (Å²) < 4.78 is 47.5. The standard InChI is InChI=1S/C28H40N4O7.C5H12O3.2C2H6/c1-32(9-11-35-13-15-37-17-19-38-18-16-36-14-12-34-10-8-29)22-4-2-21(3-5-22)26-20-25(33)23-6-7-24(30)27(31)28(23)39-26;1-5(6-2,7-3)8-4;2*1-2/h2-7,20H,8-19,29-31H2,1H3;1-4H3;2*1-2H3. The molecule has 3 rings (SSSR count). The third kappa shape index (κ3) is 18.7. The van der Waals surface area contributed by atoms with Gasteiger partial charge >= 0.3 is 0 Å². The minimum atomic E-state index is -0.875. The Kier molecular flexibility index (Phi) is 27.4. The van der Waals surface area contributed by atoms with Crippen molar-refractivity contribution in [3.63, 3.8) is 0 Å². The molecule has 0 saturated heterocycles. The van der Waals surface area contributed by atoms with Crippen LogP contribution in [-0.2, 0) is 37.9 Å². The molecule has 0 bridgehead atoms. The van der Waals surface area contributed by atoms with Gasteiger partial charge in [0.05, 0.1) is 82.8 Å². The lowest BCUT2D eigenvalue weighted by Crippen LogP contribution is -2.31. The van der Waals surface area contributed by atoms with Crippen molar-refractivity contribution in [2.75, 3.05) is 124 Å². The number of anilines is 3. The van der Waals surface area contributed by atoms with E-state index in [4.69, 9.17) is 59.5 Å². The molecule has 14 nitrogen and oxygen atoms in total. The Balaban J connectivity index is 0.00000181. The molecule has 1 heterocycles. The molecule has 0 atom stereocenters. The van der Waals surface area contributed by atoms with Crippen LogP contribution >= 0.6 is 0 Å². The van der Waals surface area contributed by atoms with Crippen molar-refractivity contribution in [2.45, 2.75) is 40.6 Å². The SMILES string of the molecule is CC.CC.CN(CCOCCOCCOCCOCCOCCN)c1ccc(-c2cc(=O)c3ccc(N)c(N)c3o2)cc1.COC(C)(OC)OC. The summed E-state index contributed by atoms with van der Waals surface area (Å²) in [6.07, 6.45) is 0. The van der Waals surface area contributed by atoms with Gasteiger partial charge in [0.2, 0.25) is 0 Å². The number of fused-ring (bicyclic) bond motifs is 1. The molecule has 0 aliphatic rings. The van der Waals surface area contributed by atoms with Crippen molar-refractivity contribution in [3.05, 3.63) is 52.7 Å². The molecule has 3 aromatic rings. The predicted molar refractivity (Wildman–Crippen MR) is 205 cm³/mol. The second-order valence-corrected chi connectivity index (χ2v) is 10.2. The molecule has 0 spiro atoms. The number of hydrogen-bond acceptors (Lipinski definition) is 14. The molecular weight excluding hydrogens is 660 g/mol. The molecule has 6 N–H and O–H groups in total. The van der Waals surface area contributed by atoms with E-state index in [9.17, 15) is 4.79 Å². The molecule has 0 aliphatic heterocycles. The largest absolute Gasteiger partial charge is 0.454 e. The molecule has 1 aromatic heterocycles. The maximum absolute atomic E-state index is 12.5. The van der Waals surface area contributed by atoms with Crippen molar-refractivity contribution in [1.82, 2.24) is 0 Å². The Morgan fingerprint density at radius 1 is 0.686 bits per heavy atom. The number of methoxy groups -OCH3 is 3. The molecule has 0 fully saturated rings. The number of rotatable bonds is 22. The first-order chi connectivity index (χ1) is 24.7. The number of nitrogen functional groups attached to an aromatic ring is 2. The maximum Gasteiger partial charge on any atom is 0.279 e. The summed E-state index contributed by atoms with van der Waals surface area (Å²) in [6.45, 7) is 16.2. The summed E-state index contributed by atoms with van der Waals surface area (Å²) in [5.41, 5.74) is 19.8.